The van der Waals surface area contributed by atoms with E-state index in [0.29, 0.717) is 19.5 Å². The second kappa shape index (κ2) is 4.45. The van der Waals surface area contributed by atoms with Crippen molar-refractivity contribution >= 4 is 11.6 Å². The first-order chi connectivity index (χ1) is 7.69. The highest BCUT2D eigenvalue weighted by atomic mass is 16.2. The summed E-state index contributed by atoms with van der Waals surface area (Å²) in [5.74, 6) is 0.0296. The van der Waals surface area contributed by atoms with Gasteiger partial charge < -0.3 is 5.73 Å². The van der Waals surface area contributed by atoms with E-state index in [-0.39, 0.29) is 5.91 Å². The maximum atomic E-state index is 11.6. The maximum Gasteiger partial charge on any atom is 0.248 e. The van der Waals surface area contributed by atoms with Crippen LogP contribution in [0.2, 0.25) is 0 Å². The Morgan fingerprint density at radius 1 is 1.50 bits per heavy atom. The molecule has 84 valence electrons. The van der Waals surface area contributed by atoms with Crippen LogP contribution in [0, 0.1) is 6.92 Å². The van der Waals surface area contributed by atoms with E-state index in [1.54, 1.807) is 0 Å². The number of amides is 1. The highest BCUT2D eigenvalue weighted by molar-refractivity contribution is 6.05. The Labute approximate surface area is 94.7 Å². The van der Waals surface area contributed by atoms with Gasteiger partial charge in [0, 0.05) is 6.54 Å². The van der Waals surface area contributed by atoms with Crippen molar-refractivity contribution in [2.75, 3.05) is 6.54 Å². The summed E-state index contributed by atoms with van der Waals surface area (Å²) in [6.07, 6.45) is 0.363. The third-order valence-electron chi connectivity index (χ3n) is 2.56. The molecule has 0 saturated carbocycles. The molecule has 0 radical (unpaired) electrons. The lowest BCUT2D eigenvalue weighted by atomic mass is 10.1. The first kappa shape index (κ1) is 10.8. The molecular weight excluding hydrogens is 202 g/mol. The maximum absolute atomic E-state index is 11.6. The molecule has 2 N–H and O–H groups in total. The molecule has 2 rings (SSSR count). The average Bonchev–Trinajstić information content (AvgIpc) is 2.60. The van der Waals surface area contributed by atoms with Crippen molar-refractivity contribution < 1.29 is 4.79 Å². The normalized spacial score (nSPS) is 15.5. The molecule has 1 amide bonds. The van der Waals surface area contributed by atoms with Gasteiger partial charge in [0.2, 0.25) is 5.91 Å². The van der Waals surface area contributed by atoms with Gasteiger partial charge in [-0.15, -0.1) is 0 Å². The molecule has 4 nitrogen and oxygen atoms in total. The minimum atomic E-state index is 0.0296. The molecule has 1 aliphatic rings. The van der Waals surface area contributed by atoms with Crippen molar-refractivity contribution in [3.63, 3.8) is 0 Å². The fourth-order valence-electron chi connectivity index (χ4n) is 1.75. The van der Waals surface area contributed by atoms with E-state index >= 15 is 0 Å². The van der Waals surface area contributed by atoms with Gasteiger partial charge in [0.15, 0.2) is 0 Å². The Morgan fingerprint density at radius 3 is 2.94 bits per heavy atom. The third kappa shape index (κ3) is 2.28. The lowest BCUT2D eigenvalue weighted by molar-refractivity contribution is -0.129. The molecule has 0 fully saturated rings. The molecule has 1 aromatic rings. The highest BCUT2D eigenvalue weighted by Crippen LogP contribution is 2.13. The van der Waals surface area contributed by atoms with Gasteiger partial charge in [-0.1, -0.05) is 29.8 Å². The smallest absolute Gasteiger partial charge is 0.248 e. The van der Waals surface area contributed by atoms with Gasteiger partial charge in [-0.2, -0.15) is 5.10 Å². The Balaban J connectivity index is 2.10. The van der Waals surface area contributed by atoms with E-state index in [1.807, 2.05) is 25.1 Å². The van der Waals surface area contributed by atoms with Crippen molar-refractivity contribution in [1.29, 1.82) is 0 Å². The molecule has 0 spiro atoms. The highest BCUT2D eigenvalue weighted by Gasteiger charge is 2.22. The minimum absolute atomic E-state index is 0.0296. The Hall–Kier alpha value is -1.68. The van der Waals surface area contributed by atoms with E-state index in [1.165, 1.54) is 10.6 Å². The summed E-state index contributed by atoms with van der Waals surface area (Å²) in [6.45, 7) is 2.92. The predicted molar refractivity (Wildman–Crippen MR) is 62.8 cm³/mol. The average molecular weight is 217 g/mol. The molecule has 0 aromatic heterocycles. The number of nitrogens with zero attached hydrogens (tertiary/aromatic N) is 2. The molecule has 0 saturated heterocycles. The van der Waals surface area contributed by atoms with Crippen LogP contribution in [0.3, 0.4) is 0 Å². The number of benzene rings is 1. The zero-order valence-corrected chi connectivity index (χ0v) is 9.31. The van der Waals surface area contributed by atoms with Crippen LogP contribution in [0.5, 0.6) is 0 Å². The molecule has 1 heterocycles. The lowest BCUT2D eigenvalue weighted by Crippen LogP contribution is -2.20. The zero-order chi connectivity index (χ0) is 11.5. The van der Waals surface area contributed by atoms with Gasteiger partial charge in [-0.05, 0) is 12.5 Å². The van der Waals surface area contributed by atoms with Crippen LogP contribution in [0.15, 0.2) is 29.4 Å². The molecule has 16 heavy (non-hydrogen) atoms. The summed E-state index contributed by atoms with van der Waals surface area (Å²) in [7, 11) is 0. The van der Waals surface area contributed by atoms with Gasteiger partial charge >= 0.3 is 0 Å². The predicted octanol–water partition coefficient (Wildman–Crippen LogP) is 1.04. The summed E-state index contributed by atoms with van der Waals surface area (Å²) < 4.78 is 0. The van der Waals surface area contributed by atoms with Gasteiger partial charge in [0.25, 0.3) is 0 Å². The van der Waals surface area contributed by atoms with Crippen LogP contribution in [0.1, 0.15) is 17.5 Å². The largest absolute Gasteiger partial charge is 0.325 e. The molecule has 1 aromatic carbocycles. The van der Waals surface area contributed by atoms with E-state index in [0.717, 1.165) is 11.3 Å². The molecule has 4 heteroatoms. The quantitative estimate of drug-likeness (QED) is 0.822. The number of aryl methyl sites for hydroxylation is 1. The van der Waals surface area contributed by atoms with E-state index in [2.05, 4.69) is 11.2 Å². The van der Waals surface area contributed by atoms with E-state index in [9.17, 15) is 4.79 Å². The molecule has 0 bridgehead atoms. The molecule has 0 atom stereocenters. The molecular formula is C12H15N3O. The summed E-state index contributed by atoms with van der Waals surface area (Å²) in [5.41, 5.74) is 8.51. The van der Waals surface area contributed by atoms with E-state index in [4.69, 9.17) is 5.73 Å². The SMILES string of the molecule is Cc1cccc(CN2N=C(CN)CC2=O)c1. The first-order valence-electron chi connectivity index (χ1n) is 5.31. The molecule has 0 aliphatic carbocycles. The van der Waals surface area contributed by atoms with Crippen LogP contribution in [-0.4, -0.2) is 23.2 Å². The second-order valence-corrected chi connectivity index (χ2v) is 3.99. The fraction of sp³-hybridized carbons (Fsp3) is 0.333. The summed E-state index contributed by atoms with van der Waals surface area (Å²) >= 11 is 0. The van der Waals surface area contributed by atoms with Gasteiger partial charge in [-0.25, -0.2) is 5.01 Å². The fourth-order valence-corrected chi connectivity index (χ4v) is 1.75. The van der Waals surface area contributed by atoms with Crippen molar-refractivity contribution in [3.8, 4) is 0 Å². The third-order valence-corrected chi connectivity index (χ3v) is 2.56. The topological polar surface area (TPSA) is 58.7 Å². The summed E-state index contributed by atoms with van der Waals surface area (Å²) in [6, 6.07) is 8.07. The zero-order valence-electron chi connectivity index (χ0n) is 9.31. The minimum Gasteiger partial charge on any atom is -0.325 e. The Kier molecular flexibility index (Phi) is 3.01. The van der Waals surface area contributed by atoms with Crippen LogP contribution < -0.4 is 5.73 Å². The number of carbonyl (C=O) groups is 1. The standard InChI is InChI=1S/C12H15N3O/c1-9-3-2-4-10(5-9)8-15-12(16)6-11(7-13)14-15/h2-5H,6-8,13H2,1H3. The number of rotatable bonds is 3. The summed E-state index contributed by atoms with van der Waals surface area (Å²) in [4.78, 5) is 11.6. The molecule has 1 aliphatic heterocycles. The van der Waals surface area contributed by atoms with Crippen LogP contribution in [-0.2, 0) is 11.3 Å². The number of hydrogen-bond acceptors (Lipinski definition) is 3. The number of carbonyl (C=O) groups excluding carboxylic acids is 1. The van der Waals surface area contributed by atoms with Crippen molar-refractivity contribution in [1.82, 2.24) is 5.01 Å². The lowest BCUT2D eigenvalue weighted by Gasteiger charge is -2.11. The number of hydrazone groups is 1. The van der Waals surface area contributed by atoms with Crippen molar-refractivity contribution in [3.05, 3.63) is 35.4 Å². The van der Waals surface area contributed by atoms with Gasteiger partial charge in [-0.3, -0.25) is 4.79 Å². The van der Waals surface area contributed by atoms with Gasteiger partial charge in [0.1, 0.15) is 0 Å². The number of nitrogens with two attached hydrogens (primary N) is 1. The Bertz CT molecular complexity index is 440. The first-order valence-corrected chi connectivity index (χ1v) is 5.31. The summed E-state index contributed by atoms with van der Waals surface area (Å²) in [5, 5.41) is 5.68. The monoisotopic (exact) mass is 217 g/mol. The van der Waals surface area contributed by atoms with E-state index < -0.39 is 0 Å². The number of hydrogen-bond donors (Lipinski definition) is 1. The van der Waals surface area contributed by atoms with Crippen molar-refractivity contribution in [2.24, 2.45) is 10.8 Å². The van der Waals surface area contributed by atoms with Crippen LogP contribution in [0.4, 0.5) is 0 Å². The second-order valence-electron chi connectivity index (χ2n) is 3.99. The molecule has 0 unspecified atom stereocenters. The van der Waals surface area contributed by atoms with Gasteiger partial charge in [0.05, 0.1) is 18.7 Å². The van der Waals surface area contributed by atoms with Crippen LogP contribution in [0.25, 0.3) is 0 Å². The Morgan fingerprint density at radius 2 is 2.31 bits per heavy atom. The van der Waals surface area contributed by atoms with Crippen LogP contribution >= 0.6 is 0 Å². The van der Waals surface area contributed by atoms with Crippen molar-refractivity contribution in [2.45, 2.75) is 19.9 Å².